The van der Waals surface area contributed by atoms with Crippen LogP contribution in [0.2, 0.25) is 0 Å². The van der Waals surface area contributed by atoms with Gasteiger partial charge in [0.2, 0.25) is 0 Å². The summed E-state index contributed by atoms with van der Waals surface area (Å²) in [5.74, 6) is -0.767. The van der Waals surface area contributed by atoms with Gasteiger partial charge in [0, 0.05) is 27.9 Å². The first-order valence-electron chi connectivity index (χ1n) is 9.51. The predicted octanol–water partition coefficient (Wildman–Crippen LogP) is 5.33. The SMILES string of the molecule is CC(=O)c1cccc2c1C(=O)c1cccc(Nc3c(C)cc(C)cc3C)c1C2=O. The van der Waals surface area contributed by atoms with Crippen LogP contribution in [-0.2, 0) is 0 Å². The van der Waals surface area contributed by atoms with Crippen LogP contribution < -0.4 is 5.32 Å². The lowest BCUT2D eigenvalue weighted by Gasteiger charge is -2.23. The highest BCUT2D eigenvalue weighted by atomic mass is 16.1. The van der Waals surface area contributed by atoms with Gasteiger partial charge in [0.1, 0.15) is 0 Å². The maximum atomic E-state index is 13.4. The molecule has 0 aliphatic heterocycles. The fraction of sp³-hybridized carbons (Fsp3) is 0.160. The summed E-state index contributed by atoms with van der Waals surface area (Å²) >= 11 is 0. The number of anilines is 2. The van der Waals surface area contributed by atoms with Gasteiger partial charge in [-0.3, -0.25) is 14.4 Å². The van der Waals surface area contributed by atoms with Crippen molar-refractivity contribution in [2.75, 3.05) is 5.32 Å². The lowest BCUT2D eigenvalue weighted by Crippen LogP contribution is -2.24. The minimum absolute atomic E-state index is 0.206. The smallest absolute Gasteiger partial charge is 0.196 e. The van der Waals surface area contributed by atoms with Gasteiger partial charge < -0.3 is 5.32 Å². The van der Waals surface area contributed by atoms with Gasteiger partial charge in [-0.15, -0.1) is 0 Å². The summed E-state index contributed by atoms with van der Waals surface area (Å²) in [5, 5.41) is 3.38. The predicted molar refractivity (Wildman–Crippen MR) is 114 cm³/mol. The molecule has 0 aromatic heterocycles. The number of rotatable bonds is 3. The zero-order chi connectivity index (χ0) is 20.9. The average Bonchev–Trinajstić information content (AvgIpc) is 2.68. The standard InChI is InChI=1S/C25H21NO3/c1-13-11-14(2)23(15(3)12-13)26-20-10-6-9-19-22(20)25(29)18-8-5-7-17(16(4)27)21(18)24(19)28/h5-12,26H,1-4H3. The van der Waals surface area contributed by atoms with Crippen molar-refractivity contribution in [2.45, 2.75) is 27.7 Å². The molecule has 1 aliphatic carbocycles. The van der Waals surface area contributed by atoms with Crippen molar-refractivity contribution in [3.8, 4) is 0 Å². The second-order valence-corrected chi connectivity index (χ2v) is 7.57. The summed E-state index contributed by atoms with van der Waals surface area (Å²) < 4.78 is 0. The van der Waals surface area contributed by atoms with E-state index in [1.807, 2.05) is 26.8 Å². The molecule has 0 amide bonds. The van der Waals surface area contributed by atoms with Crippen molar-refractivity contribution < 1.29 is 14.4 Å². The number of hydrogen-bond donors (Lipinski definition) is 1. The zero-order valence-corrected chi connectivity index (χ0v) is 16.8. The Hall–Kier alpha value is -3.53. The Bertz CT molecular complexity index is 1200. The van der Waals surface area contributed by atoms with Crippen LogP contribution in [0, 0.1) is 20.8 Å². The second-order valence-electron chi connectivity index (χ2n) is 7.57. The molecule has 3 aromatic rings. The number of Topliss-reactive ketones (excluding diaryl/α,β-unsaturated/α-hetero) is 1. The zero-order valence-electron chi connectivity index (χ0n) is 16.8. The van der Waals surface area contributed by atoms with Gasteiger partial charge in [-0.05, 0) is 44.9 Å². The Morgan fingerprint density at radius 2 is 1.34 bits per heavy atom. The first-order chi connectivity index (χ1) is 13.8. The average molecular weight is 383 g/mol. The minimum Gasteiger partial charge on any atom is -0.354 e. The van der Waals surface area contributed by atoms with Crippen LogP contribution in [0.5, 0.6) is 0 Å². The normalized spacial score (nSPS) is 12.4. The fourth-order valence-electron chi connectivity index (χ4n) is 4.15. The molecule has 4 nitrogen and oxygen atoms in total. The molecular weight excluding hydrogens is 362 g/mol. The molecule has 0 atom stereocenters. The lowest BCUT2D eigenvalue weighted by atomic mass is 9.80. The molecule has 0 heterocycles. The third-order valence-electron chi connectivity index (χ3n) is 5.39. The number of hydrogen-bond acceptors (Lipinski definition) is 4. The monoisotopic (exact) mass is 383 g/mol. The number of benzene rings is 3. The molecule has 0 bridgehead atoms. The van der Waals surface area contributed by atoms with Gasteiger partial charge in [-0.25, -0.2) is 0 Å². The van der Waals surface area contributed by atoms with E-state index in [0.29, 0.717) is 16.8 Å². The van der Waals surface area contributed by atoms with Crippen molar-refractivity contribution in [2.24, 2.45) is 0 Å². The Balaban J connectivity index is 1.89. The van der Waals surface area contributed by atoms with Crippen molar-refractivity contribution >= 4 is 28.7 Å². The molecule has 0 saturated heterocycles. The molecule has 4 heteroatoms. The van der Waals surface area contributed by atoms with Crippen molar-refractivity contribution in [3.05, 3.63) is 93.0 Å². The van der Waals surface area contributed by atoms with E-state index in [2.05, 4.69) is 17.4 Å². The number of ketones is 3. The summed E-state index contributed by atoms with van der Waals surface area (Å²) in [5.41, 5.74) is 6.26. The molecular formula is C25H21NO3. The molecule has 0 saturated carbocycles. The topological polar surface area (TPSA) is 63.2 Å². The van der Waals surface area contributed by atoms with Gasteiger partial charge in [-0.1, -0.05) is 48.0 Å². The molecule has 1 aliphatic rings. The molecule has 0 radical (unpaired) electrons. The van der Waals surface area contributed by atoms with Crippen LogP contribution in [0.4, 0.5) is 11.4 Å². The molecule has 0 unspecified atom stereocenters. The van der Waals surface area contributed by atoms with Crippen LogP contribution in [0.1, 0.15) is 65.8 Å². The van der Waals surface area contributed by atoms with Gasteiger partial charge in [0.15, 0.2) is 17.3 Å². The van der Waals surface area contributed by atoms with E-state index in [0.717, 1.165) is 22.4 Å². The summed E-state index contributed by atoms with van der Waals surface area (Å²) in [7, 11) is 0. The maximum absolute atomic E-state index is 13.4. The van der Waals surface area contributed by atoms with E-state index in [4.69, 9.17) is 0 Å². The first-order valence-corrected chi connectivity index (χ1v) is 9.51. The number of nitrogens with one attached hydrogen (secondary N) is 1. The second kappa shape index (κ2) is 6.82. The number of carbonyl (C=O) groups excluding carboxylic acids is 3. The van der Waals surface area contributed by atoms with Crippen molar-refractivity contribution in [1.29, 1.82) is 0 Å². The fourth-order valence-corrected chi connectivity index (χ4v) is 4.15. The van der Waals surface area contributed by atoms with Crippen LogP contribution >= 0.6 is 0 Å². The van der Waals surface area contributed by atoms with E-state index >= 15 is 0 Å². The van der Waals surface area contributed by atoms with Gasteiger partial charge in [0.25, 0.3) is 0 Å². The van der Waals surface area contributed by atoms with E-state index < -0.39 is 0 Å². The summed E-state index contributed by atoms with van der Waals surface area (Å²) in [6.45, 7) is 7.47. The van der Waals surface area contributed by atoms with Crippen molar-refractivity contribution in [1.82, 2.24) is 0 Å². The summed E-state index contributed by atoms with van der Waals surface area (Å²) in [6.07, 6.45) is 0. The Morgan fingerprint density at radius 3 is 1.97 bits per heavy atom. The molecule has 29 heavy (non-hydrogen) atoms. The minimum atomic E-state index is -0.290. The summed E-state index contributed by atoms with van der Waals surface area (Å²) in [4.78, 5) is 38.6. The highest BCUT2D eigenvalue weighted by Crippen LogP contribution is 2.36. The maximum Gasteiger partial charge on any atom is 0.196 e. The number of fused-ring (bicyclic) bond motifs is 2. The first kappa shape index (κ1) is 18.8. The lowest BCUT2D eigenvalue weighted by molar-refractivity contribution is 0.0968. The van der Waals surface area contributed by atoms with E-state index in [-0.39, 0.29) is 34.0 Å². The molecule has 1 N–H and O–H groups in total. The highest BCUT2D eigenvalue weighted by molar-refractivity contribution is 6.32. The van der Waals surface area contributed by atoms with E-state index in [1.165, 1.54) is 6.92 Å². The van der Waals surface area contributed by atoms with E-state index in [1.54, 1.807) is 30.3 Å². The third kappa shape index (κ3) is 2.97. The molecule has 0 fully saturated rings. The largest absolute Gasteiger partial charge is 0.354 e. The van der Waals surface area contributed by atoms with Gasteiger partial charge in [-0.2, -0.15) is 0 Å². The third-order valence-corrected chi connectivity index (χ3v) is 5.39. The number of carbonyl (C=O) groups is 3. The Morgan fingerprint density at radius 1 is 0.793 bits per heavy atom. The molecule has 144 valence electrons. The highest BCUT2D eigenvalue weighted by Gasteiger charge is 2.34. The Labute approximate surface area is 169 Å². The quantitative estimate of drug-likeness (QED) is 0.486. The summed E-state index contributed by atoms with van der Waals surface area (Å²) in [6, 6.07) is 14.2. The Kier molecular flexibility index (Phi) is 4.42. The van der Waals surface area contributed by atoms with Crippen LogP contribution in [-0.4, -0.2) is 17.3 Å². The molecule has 4 rings (SSSR count). The molecule has 0 spiro atoms. The van der Waals surface area contributed by atoms with Crippen LogP contribution in [0.3, 0.4) is 0 Å². The van der Waals surface area contributed by atoms with Crippen molar-refractivity contribution in [3.63, 3.8) is 0 Å². The van der Waals surface area contributed by atoms with Gasteiger partial charge >= 0.3 is 0 Å². The van der Waals surface area contributed by atoms with Crippen LogP contribution in [0.25, 0.3) is 0 Å². The number of aryl methyl sites for hydroxylation is 3. The molecule has 3 aromatic carbocycles. The van der Waals surface area contributed by atoms with Gasteiger partial charge in [0.05, 0.1) is 11.3 Å². The van der Waals surface area contributed by atoms with E-state index in [9.17, 15) is 14.4 Å². The van der Waals surface area contributed by atoms with Crippen LogP contribution in [0.15, 0.2) is 48.5 Å².